The predicted molar refractivity (Wildman–Crippen MR) is 64.4 cm³/mol. The largest absolute Gasteiger partial charge is 0.496 e. The van der Waals surface area contributed by atoms with Crippen LogP contribution in [0.15, 0.2) is 18.2 Å². The maximum atomic E-state index is 5.63. The number of ether oxygens (including phenoxy) is 1. The molecule has 0 aliphatic rings. The summed E-state index contributed by atoms with van der Waals surface area (Å²) in [6, 6.07) is 6.34. The molecule has 0 amide bonds. The Morgan fingerprint density at radius 3 is 2.67 bits per heavy atom. The van der Waals surface area contributed by atoms with E-state index < -0.39 is 0 Å². The molecule has 1 rings (SSSR count). The number of rotatable bonds is 5. The molecule has 0 aliphatic heterocycles. The van der Waals surface area contributed by atoms with Gasteiger partial charge >= 0.3 is 0 Å². The first-order valence-electron chi connectivity index (χ1n) is 5.57. The summed E-state index contributed by atoms with van der Waals surface area (Å²) in [7, 11) is 1.73. The van der Waals surface area contributed by atoms with E-state index in [4.69, 9.17) is 10.5 Å². The van der Waals surface area contributed by atoms with Gasteiger partial charge < -0.3 is 10.5 Å². The summed E-state index contributed by atoms with van der Waals surface area (Å²) in [5, 5.41) is 0. The lowest BCUT2D eigenvalue weighted by Crippen LogP contribution is -2.08. The molecule has 1 aromatic rings. The van der Waals surface area contributed by atoms with Crippen molar-refractivity contribution < 1.29 is 4.74 Å². The van der Waals surface area contributed by atoms with Crippen molar-refractivity contribution in [2.24, 2.45) is 5.73 Å². The quantitative estimate of drug-likeness (QED) is 0.805. The van der Waals surface area contributed by atoms with E-state index in [1.54, 1.807) is 7.11 Å². The van der Waals surface area contributed by atoms with Gasteiger partial charge in [-0.15, -0.1) is 0 Å². The summed E-state index contributed by atoms with van der Waals surface area (Å²) in [5.74, 6) is 1.51. The molecule has 1 atom stereocenters. The van der Waals surface area contributed by atoms with Crippen LogP contribution in [0.25, 0.3) is 0 Å². The molecule has 0 radical (unpaired) electrons. The summed E-state index contributed by atoms with van der Waals surface area (Å²) >= 11 is 0. The molecule has 0 spiro atoms. The van der Waals surface area contributed by atoms with Gasteiger partial charge in [-0.3, -0.25) is 0 Å². The third kappa shape index (κ3) is 2.96. The van der Waals surface area contributed by atoms with Crippen LogP contribution in [-0.4, -0.2) is 13.7 Å². The highest BCUT2D eigenvalue weighted by molar-refractivity contribution is 5.39. The lowest BCUT2D eigenvalue weighted by molar-refractivity contribution is 0.403. The second kappa shape index (κ2) is 5.76. The zero-order valence-corrected chi connectivity index (χ0v) is 9.92. The van der Waals surface area contributed by atoms with Gasteiger partial charge in [-0.1, -0.05) is 24.6 Å². The number of nitrogens with two attached hydrogens (primary N) is 1. The minimum absolute atomic E-state index is 0.518. The summed E-state index contributed by atoms with van der Waals surface area (Å²) in [5.41, 5.74) is 8.21. The smallest absolute Gasteiger partial charge is 0.122 e. The van der Waals surface area contributed by atoms with Crippen LogP contribution in [0.1, 0.15) is 36.8 Å². The van der Waals surface area contributed by atoms with E-state index in [0.29, 0.717) is 5.92 Å². The van der Waals surface area contributed by atoms with Crippen molar-refractivity contribution in [2.45, 2.75) is 32.6 Å². The lowest BCUT2D eigenvalue weighted by atomic mass is 9.91. The van der Waals surface area contributed by atoms with E-state index in [1.807, 2.05) is 6.07 Å². The molecular formula is C13H21NO. The molecule has 0 aromatic heterocycles. The first-order chi connectivity index (χ1) is 7.22. The number of hydrogen-bond donors (Lipinski definition) is 1. The Hall–Kier alpha value is -1.02. The highest BCUT2D eigenvalue weighted by Crippen LogP contribution is 2.31. The van der Waals surface area contributed by atoms with Crippen molar-refractivity contribution in [3.8, 4) is 5.75 Å². The fourth-order valence-corrected chi connectivity index (χ4v) is 1.95. The van der Waals surface area contributed by atoms with Gasteiger partial charge in [0.05, 0.1) is 7.11 Å². The fraction of sp³-hybridized carbons (Fsp3) is 0.538. The number of aryl methyl sites for hydroxylation is 1. The average Bonchev–Trinajstić information content (AvgIpc) is 2.26. The summed E-state index contributed by atoms with van der Waals surface area (Å²) in [4.78, 5) is 0. The van der Waals surface area contributed by atoms with Crippen molar-refractivity contribution >= 4 is 0 Å². The van der Waals surface area contributed by atoms with Gasteiger partial charge in [0, 0.05) is 0 Å². The van der Waals surface area contributed by atoms with Gasteiger partial charge in [0.25, 0.3) is 0 Å². The highest BCUT2D eigenvalue weighted by atomic mass is 16.5. The maximum absolute atomic E-state index is 5.63. The van der Waals surface area contributed by atoms with E-state index in [9.17, 15) is 0 Å². The van der Waals surface area contributed by atoms with Gasteiger partial charge in [0.2, 0.25) is 0 Å². The van der Waals surface area contributed by atoms with E-state index in [0.717, 1.165) is 25.1 Å². The van der Waals surface area contributed by atoms with Crippen molar-refractivity contribution in [1.29, 1.82) is 0 Å². The third-order valence-corrected chi connectivity index (χ3v) is 2.83. The molecule has 15 heavy (non-hydrogen) atoms. The maximum Gasteiger partial charge on any atom is 0.122 e. The van der Waals surface area contributed by atoms with E-state index >= 15 is 0 Å². The summed E-state index contributed by atoms with van der Waals surface area (Å²) in [6.45, 7) is 5.04. The summed E-state index contributed by atoms with van der Waals surface area (Å²) < 4.78 is 5.39. The third-order valence-electron chi connectivity index (χ3n) is 2.83. The van der Waals surface area contributed by atoms with Crippen LogP contribution >= 0.6 is 0 Å². The van der Waals surface area contributed by atoms with E-state index in [1.165, 1.54) is 11.1 Å². The Balaban J connectivity index is 3.02. The van der Waals surface area contributed by atoms with Crippen LogP contribution in [0.4, 0.5) is 0 Å². The molecule has 84 valence electrons. The zero-order valence-electron chi connectivity index (χ0n) is 9.92. The number of methoxy groups -OCH3 is 1. The Labute approximate surface area is 92.4 Å². The average molecular weight is 207 g/mol. The van der Waals surface area contributed by atoms with Crippen molar-refractivity contribution in [3.63, 3.8) is 0 Å². The van der Waals surface area contributed by atoms with Gasteiger partial charge in [-0.05, 0) is 43.9 Å². The molecule has 2 heteroatoms. The standard InChI is InChI=1S/C13H21NO/c1-4-11(7-8-14)12-9-10(2)5-6-13(12)15-3/h5-6,9,11H,4,7-8,14H2,1-3H3. The van der Waals surface area contributed by atoms with Crippen LogP contribution in [0.2, 0.25) is 0 Å². The van der Waals surface area contributed by atoms with Crippen molar-refractivity contribution in [2.75, 3.05) is 13.7 Å². The van der Waals surface area contributed by atoms with E-state index in [2.05, 4.69) is 26.0 Å². The minimum Gasteiger partial charge on any atom is -0.496 e. The van der Waals surface area contributed by atoms with Gasteiger partial charge in [-0.2, -0.15) is 0 Å². The number of hydrogen-bond acceptors (Lipinski definition) is 2. The van der Waals surface area contributed by atoms with Crippen LogP contribution < -0.4 is 10.5 Å². The molecule has 0 aliphatic carbocycles. The fourth-order valence-electron chi connectivity index (χ4n) is 1.95. The van der Waals surface area contributed by atoms with Crippen LogP contribution in [0.3, 0.4) is 0 Å². The lowest BCUT2D eigenvalue weighted by Gasteiger charge is -2.18. The first kappa shape index (κ1) is 12.1. The van der Waals surface area contributed by atoms with E-state index in [-0.39, 0.29) is 0 Å². The molecular weight excluding hydrogens is 186 g/mol. The predicted octanol–water partition coefficient (Wildman–Crippen LogP) is 2.85. The van der Waals surface area contributed by atoms with Crippen molar-refractivity contribution in [1.82, 2.24) is 0 Å². The Morgan fingerprint density at radius 2 is 2.13 bits per heavy atom. The van der Waals surface area contributed by atoms with Crippen LogP contribution in [0.5, 0.6) is 5.75 Å². The zero-order chi connectivity index (χ0) is 11.3. The molecule has 0 saturated carbocycles. The van der Waals surface area contributed by atoms with Gasteiger partial charge in [0.1, 0.15) is 5.75 Å². The molecule has 0 fully saturated rings. The second-order valence-electron chi connectivity index (χ2n) is 3.93. The van der Waals surface area contributed by atoms with Gasteiger partial charge in [-0.25, -0.2) is 0 Å². The highest BCUT2D eigenvalue weighted by Gasteiger charge is 2.13. The SMILES string of the molecule is CCC(CCN)c1cc(C)ccc1OC. The minimum atomic E-state index is 0.518. The molecule has 0 heterocycles. The molecule has 0 bridgehead atoms. The Kier molecular flexibility index (Phi) is 4.63. The molecule has 2 nitrogen and oxygen atoms in total. The molecule has 1 aromatic carbocycles. The molecule has 0 saturated heterocycles. The normalized spacial score (nSPS) is 12.5. The van der Waals surface area contributed by atoms with Crippen LogP contribution in [0, 0.1) is 6.92 Å². The Bertz CT molecular complexity index is 309. The topological polar surface area (TPSA) is 35.2 Å². The first-order valence-corrected chi connectivity index (χ1v) is 5.57. The van der Waals surface area contributed by atoms with Crippen molar-refractivity contribution in [3.05, 3.63) is 29.3 Å². The molecule has 1 unspecified atom stereocenters. The number of benzene rings is 1. The van der Waals surface area contributed by atoms with Gasteiger partial charge in [0.15, 0.2) is 0 Å². The summed E-state index contributed by atoms with van der Waals surface area (Å²) in [6.07, 6.45) is 2.13. The van der Waals surface area contributed by atoms with Crippen LogP contribution in [-0.2, 0) is 0 Å². The monoisotopic (exact) mass is 207 g/mol. The second-order valence-corrected chi connectivity index (χ2v) is 3.93. The Morgan fingerprint density at radius 1 is 1.40 bits per heavy atom. The molecule has 2 N–H and O–H groups in total.